The number of pyridine rings is 1. The molecule has 0 radical (unpaired) electrons. The van der Waals surface area contributed by atoms with Crippen LogP contribution < -0.4 is 26.6 Å². The number of carbonyl (C=O) groups excluding carboxylic acids is 6. The van der Waals surface area contributed by atoms with Crippen LogP contribution in [-0.2, 0) is 33.5 Å². The van der Waals surface area contributed by atoms with E-state index in [9.17, 15) is 41.9 Å². The number of alkyl halides is 3. The van der Waals surface area contributed by atoms with Gasteiger partial charge in [-0.05, 0) is 91.1 Å². The minimum Gasteiger partial charge on any atom is -0.387 e. The number of unbranched alkanes of at least 4 members (excludes halogenated alkanes) is 1. The molecule has 13 nitrogen and oxygen atoms in total. The molecule has 1 atom stereocenters. The smallest absolute Gasteiger partial charge is 0.387 e. The van der Waals surface area contributed by atoms with Gasteiger partial charge < -0.3 is 26.2 Å². The number of hydrogen-bond acceptors (Lipinski definition) is 8. The van der Waals surface area contributed by atoms with Crippen LogP contribution in [0.2, 0.25) is 0 Å². The Hall–Kier alpha value is -6.39. The summed E-state index contributed by atoms with van der Waals surface area (Å²) < 4.78 is 58.3. The van der Waals surface area contributed by atoms with Gasteiger partial charge in [-0.15, -0.1) is 0 Å². The molecule has 7 rings (SSSR count). The van der Waals surface area contributed by atoms with E-state index in [4.69, 9.17) is 0 Å². The van der Waals surface area contributed by atoms with Crippen molar-refractivity contribution in [3.63, 3.8) is 0 Å². The molecule has 1 saturated heterocycles. The number of piperidine rings is 1. The first kappa shape index (κ1) is 40.8. The third-order valence-corrected chi connectivity index (χ3v) is 10.8. The largest absolute Gasteiger partial charge is 0.417 e. The Bertz CT molecular complexity index is 2380. The molecule has 2 aliphatic heterocycles. The van der Waals surface area contributed by atoms with Gasteiger partial charge in [0.15, 0.2) is 0 Å². The summed E-state index contributed by atoms with van der Waals surface area (Å²) in [6, 6.07) is 9.83. The number of nitrogens with zero attached hydrogens (tertiary/aromatic N) is 2. The maximum atomic E-state index is 15.4. The first-order valence-corrected chi connectivity index (χ1v) is 19.4. The lowest BCUT2D eigenvalue weighted by atomic mass is 9.94. The van der Waals surface area contributed by atoms with E-state index in [0.29, 0.717) is 31.4 Å². The molecule has 1 aliphatic carbocycles. The summed E-state index contributed by atoms with van der Waals surface area (Å²) in [6.45, 7) is 0.653. The number of benzene rings is 3. The van der Waals surface area contributed by atoms with Crippen molar-refractivity contribution in [2.75, 3.05) is 25.5 Å². The topological polar surface area (TPSA) is 179 Å². The average Bonchev–Trinajstić information content (AvgIpc) is 3.96. The van der Waals surface area contributed by atoms with Gasteiger partial charge in [-0.2, -0.15) is 13.2 Å². The molecule has 1 aromatic heterocycles. The number of imide groups is 1. The highest BCUT2D eigenvalue weighted by molar-refractivity contribution is 6.08. The summed E-state index contributed by atoms with van der Waals surface area (Å²) >= 11 is 0. The summed E-state index contributed by atoms with van der Waals surface area (Å²) in [6.07, 6.45) is -0.107. The second kappa shape index (κ2) is 16.8. The lowest BCUT2D eigenvalue weighted by Gasteiger charge is -2.29. The van der Waals surface area contributed by atoms with Gasteiger partial charge >= 0.3 is 6.18 Å². The average molecular weight is 816 g/mol. The Morgan fingerprint density at radius 2 is 1.68 bits per heavy atom. The van der Waals surface area contributed by atoms with Gasteiger partial charge in [0.05, 0.1) is 27.9 Å². The highest BCUT2D eigenvalue weighted by atomic mass is 19.4. The molecule has 3 aliphatic rings. The Morgan fingerprint density at radius 1 is 0.915 bits per heavy atom. The Balaban J connectivity index is 0.910. The quantitative estimate of drug-likeness (QED) is 0.0670. The van der Waals surface area contributed by atoms with E-state index in [0.717, 1.165) is 42.2 Å². The van der Waals surface area contributed by atoms with Crippen LogP contribution in [0.15, 0.2) is 54.7 Å². The molecule has 6 amide bonds. The van der Waals surface area contributed by atoms with Gasteiger partial charge in [-0.25, -0.2) is 4.39 Å². The van der Waals surface area contributed by atoms with Crippen LogP contribution in [0.1, 0.15) is 92.7 Å². The van der Waals surface area contributed by atoms with Crippen LogP contribution in [0.3, 0.4) is 0 Å². The molecule has 5 N–H and O–H groups in total. The number of halogens is 4. The zero-order chi connectivity index (χ0) is 42.0. The molecular weight excluding hydrogens is 774 g/mol. The van der Waals surface area contributed by atoms with Crippen molar-refractivity contribution in [3.05, 3.63) is 93.9 Å². The monoisotopic (exact) mass is 815 g/mol. The standard InChI is InChI=1S/C42H41F4N7O6/c1-47-37-28-18-27(31(42(44,45)46)19-33(28)50-20-29(37)39(57)51-24-9-10-24)23-7-11-26(32(43)17-23)38(56)49-16-3-2-15-48-35(54)13-8-22-5-4-6-25-30(22)21-53(41(25)59)34-12-14-36(55)52-40(34)58/h4-7,11,17-20,24,34H,2-3,8-10,12-16,21H2,1H3,(H,47,50)(H,48,54)(H,49,56)(H,51,57)(H,52,55,58). The van der Waals surface area contributed by atoms with Crippen molar-refractivity contribution < 1.29 is 46.3 Å². The molecule has 4 aromatic rings. The molecule has 59 heavy (non-hydrogen) atoms. The van der Waals surface area contributed by atoms with Crippen molar-refractivity contribution in [2.24, 2.45) is 0 Å². The SMILES string of the molecule is CNc1c(C(=O)NC2CC2)cnc2cc(C(F)(F)F)c(-c3ccc(C(=O)NCCCCNC(=O)CCc4cccc5c4CN(C4CCC(=O)NC4=O)C5=O)c(F)c3)cc12. The summed E-state index contributed by atoms with van der Waals surface area (Å²) in [7, 11) is 1.54. The molecule has 308 valence electrons. The number of rotatable bonds is 14. The highest BCUT2D eigenvalue weighted by Crippen LogP contribution is 2.41. The van der Waals surface area contributed by atoms with E-state index in [1.165, 1.54) is 30.3 Å². The summed E-state index contributed by atoms with van der Waals surface area (Å²) in [5, 5.41) is 13.7. The van der Waals surface area contributed by atoms with E-state index in [-0.39, 0.29) is 95.0 Å². The number of amides is 6. The maximum Gasteiger partial charge on any atom is 0.417 e. The van der Waals surface area contributed by atoms with Crippen LogP contribution in [-0.4, -0.2) is 77.5 Å². The summed E-state index contributed by atoms with van der Waals surface area (Å²) in [5.74, 6) is -3.58. The molecule has 3 heterocycles. The Labute approximate surface area is 335 Å². The number of nitrogens with one attached hydrogen (secondary N) is 5. The van der Waals surface area contributed by atoms with Crippen molar-refractivity contribution in [1.82, 2.24) is 31.2 Å². The molecule has 0 bridgehead atoms. The Morgan fingerprint density at radius 3 is 2.37 bits per heavy atom. The third-order valence-electron chi connectivity index (χ3n) is 10.8. The van der Waals surface area contributed by atoms with Gasteiger partial charge in [0, 0.05) is 62.7 Å². The molecule has 17 heteroatoms. The lowest BCUT2D eigenvalue weighted by molar-refractivity contribution is -0.138. The van der Waals surface area contributed by atoms with Crippen LogP contribution in [0.4, 0.5) is 23.2 Å². The number of anilines is 1. The first-order valence-electron chi connectivity index (χ1n) is 19.4. The lowest BCUT2D eigenvalue weighted by Crippen LogP contribution is -2.52. The van der Waals surface area contributed by atoms with Crippen LogP contribution in [0.25, 0.3) is 22.0 Å². The van der Waals surface area contributed by atoms with Crippen molar-refractivity contribution >= 4 is 52.0 Å². The molecular formula is C42H41F4N7O6. The van der Waals surface area contributed by atoms with E-state index in [1.54, 1.807) is 12.1 Å². The summed E-state index contributed by atoms with van der Waals surface area (Å²) in [5.41, 5.74) is 0.554. The number of carbonyl (C=O) groups is 6. The number of fused-ring (bicyclic) bond motifs is 2. The van der Waals surface area contributed by atoms with Crippen molar-refractivity contribution in [3.8, 4) is 11.1 Å². The number of aromatic nitrogens is 1. The zero-order valence-electron chi connectivity index (χ0n) is 32.0. The predicted molar refractivity (Wildman–Crippen MR) is 208 cm³/mol. The normalized spacial score (nSPS) is 16.5. The van der Waals surface area contributed by atoms with Gasteiger partial charge in [-0.1, -0.05) is 18.2 Å². The van der Waals surface area contributed by atoms with Gasteiger partial charge in [0.2, 0.25) is 17.7 Å². The predicted octanol–water partition coefficient (Wildman–Crippen LogP) is 5.01. The van der Waals surface area contributed by atoms with E-state index in [2.05, 4.69) is 31.6 Å². The number of hydrogen-bond donors (Lipinski definition) is 5. The fourth-order valence-corrected chi connectivity index (χ4v) is 7.51. The van der Waals surface area contributed by atoms with Gasteiger partial charge in [0.25, 0.3) is 17.7 Å². The molecule has 0 spiro atoms. The Kier molecular flexibility index (Phi) is 11.6. The van der Waals surface area contributed by atoms with Crippen LogP contribution in [0, 0.1) is 5.82 Å². The van der Waals surface area contributed by atoms with Gasteiger partial charge in [0.1, 0.15) is 11.9 Å². The van der Waals surface area contributed by atoms with E-state index in [1.807, 2.05) is 6.07 Å². The fraction of sp³-hybridized carbons (Fsp3) is 0.357. The van der Waals surface area contributed by atoms with Crippen LogP contribution in [0.5, 0.6) is 0 Å². The highest BCUT2D eigenvalue weighted by Gasteiger charge is 2.40. The summed E-state index contributed by atoms with van der Waals surface area (Å²) in [4.78, 5) is 81.0. The molecule has 3 aromatic carbocycles. The molecule has 1 unspecified atom stereocenters. The zero-order valence-corrected chi connectivity index (χ0v) is 32.0. The van der Waals surface area contributed by atoms with Crippen molar-refractivity contribution in [2.45, 2.75) is 76.2 Å². The molecule has 2 fully saturated rings. The second-order valence-electron chi connectivity index (χ2n) is 14.8. The number of aryl methyl sites for hydroxylation is 1. The molecule has 1 saturated carbocycles. The minimum atomic E-state index is -4.83. The van der Waals surface area contributed by atoms with Gasteiger partial charge in [-0.3, -0.25) is 39.1 Å². The third kappa shape index (κ3) is 8.88. The minimum absolute atomic E-state index is 0.0140. The van der Waals surface area contributed by atoms with Crippen molar-refractivity contribution in [1.29, 1.82) is 0 Å². The maximum absolute atomic E-state index is 15.4. The first-order chi connectivity index (χ1) is 28.2. The van der Waals surface area contributed by atoms with E-state index < -0.39 is 41.3 Å². The van der Waals surface area contributed by atoms with E-state index >= 15 is 4.39 Å². The fourth-order valence-electron chi connectivity index (χ4n) is 7.51. The second-order valence-corrected chi connectivity index (χ2v) is 14.8. The van der Waals surface area contributed by atoms with Crippen LogP contribution >= 0.6 is 0 Å².